The third kappa shape index (κ3) is 3.78. The summed E-state index contributed by atoms with van der Waals surface area (Å²) in [6.45, 7) is 0.909. The number of carbonyl (C=O) groups excluding carboxylic acids is 1. The minimum absolute atomic E-state index is 0.160. The number of benzene rings is 1. The zero-order valence-corrected chi connectivity index (χ0v) is 12.2. The van der Waals surface area contributed by atoms with Gasteiger partial charge in [0.05, 0.1) is 18.9 Å². The van der Waals surface area contributed by atoms with Gasteiger partial charge in [-0.05, 0) is 11.6 Å². The smallest absolute Gasteiger partial charge is 0.357 e. The Labute approximate surface area is 126 Å². The molecular formula is C16H15F2NO3. The number of hydrogen-bond donors (Lipinski definition) is 0. The molecule has 0 N–H and O–H groups in total. The lowest BCUT2D eigenvalue weighted by molar-refractivity contribution is 0.0139. The average molecular weight is 307 g/mol. The van der Waals surface area contributed by atoms with Gasteiger partial charge < -0.3 is 9.47 Å². The highest BCUT2D eigenvalue weighted by Crippen LogP contribution is 2.32. The van der Waals surface area contributed by atoms with E-state index in [1.54, 1.807) is 0 Å². The molecule has 0 saturated carbocycles. The third-order valence-corrected chi connectivity index (χ3v) is 2.96. The molecule has 0 atom stereocenters. The van der Waals surface area contributed by atoms with Gasteiger partial charge in [-0.3, -0.25) is 0 Å². The molecule has 2 rings (SSSR count). The van der Waals surface area contributed by atoms with E-state index in [-0.39, 0.29) is 12.4 Å². The van der Waals surface area contributed by atoms with Crippen LogP contribution in [0.25, 0.3) is 0 Å². The number of esters is 1. The quantitative estimate of drug-likeness (QED) is 0.793. The number of carbonyl (C=O) groups is 1. The van der Waals surface area contributed by atoms with Crippen molar-refractivity contribution in [3.05, 3.63) is 59.4 Å². The van der Waals surface area contributed by atoms with E-state index in [0.717, 1.165) is 18.7 Å². The number of methoxy groups -OCH3 is 1. The summed E-state index contributed by atoms with van der Waals surface area (Å²) in [6, 6.07) is 10.4. The summed E-state index contributed by atoms with van der Waals surface area (Å²) in [5.41, 5.74) is -0.0451. The monoisotopic (exact) mass is 307 g/mol. The Morgan fingerprint density at radius 2 is 1.95 bits per heavy atom. The molecule has 0 radical (unpaired) electrons. The fraction of sp³-hybridized carbons (Fsp3) is 0.250. The number of nitrogens with zero attached hydrogens (tertiary/aromatic N) is 1. The lowest BCUT2D eigenvalue weighted by Crippen LogP contribution is -2.17. The molecule has 116 valence electrons. The molecular weight excluding hydrogens is 292 g/mol. The summed E-state index contributed by atoms with van der Waals surface area (Å²) in [5.74, 6) is -3.98. The van der Waals surface area contributed by atoms with Crippen LogP contribution in [-0.4, -0.2) is 18.1 Å². The van der Waals surface area contributed by atoms with Crippen LogP contribution in [0.4, 0.5) is 8.78 Å². The predicted molar refractivity (Wildman–Crippen MR) is 75.9 cm³/mol. The number of alkyl halides is 2. The van der Waals surface area contributed by atoms with Crippen molar-refractivity contribution in [2.45, 2.75) is 19.5 Å². The second-order valence-corrected chi connectivity index (χ2v) is 4.72. The molecule has 0 aliphatic rings. The largest absolute Gasteiger partial charge is 0.487 e. The summed E-state index contributed by atoms with van der Waals surface area (Å²) in [6.07, 6.45) is 1.23. The zero-order valence-electron chi connectivity index (χ0n) is 12.2. The molecule has 1 aromatic carbocycles. The summed E-state index contributed by atoms with van der Waals surface area (Å²) >= 11 is 0. The van der Waals surface area contributed by atoms with Gasteiger partial charge in [0.25, 0.3) is 5.92 Å². The Bertz CT molecular complexity index is 654. The first-order valence-corrected chi connectivity index (χ1v) is 6.55. The molecule has 0 bridgehead atoms. The fourth-order valence-electron chi connectivity index (χ4n) is 1.86. The first-order valence-electron chi connectivity index (χ1n) is 6.55. The van der Waals surface area contributed by atoms with Gasteiger partial charge in [-0.25, -0.2) is 18.6 Å². The van der Waals surface area contributed by atoms with Crippen LogP contribution in [0.3, 0.4) is 0 Å². The summed E-state index contributed by atoms with van der Waals surface area (Å²) in [4.78, 5) is 15.3. The molecule has 2 aromatic rings. The lowest BCUT2D eigenvalue weighted by atomic mass is 10.1. The Morgan fingerprint density at radius 1 is 1.27 bits per heavy atom. The Balaban J connectivity index is 2.25. The highest BCUT2D eigenvalue weighted by Gasteiger charge is 2.32. The molecule has 0 fully saturated rings. The molecule has 6 heteroatoms. The van der Waals surface area contributed by atoms with Crippen LogP contribution in [0.1, 0.15) is 28.5 Å². The second kappa shape index (κ2) is 6.51. The highest BCUT2D eigenvalue weighted by molar-refractivity contribution is 5.89. The first kappa shape index (κ1) is 15.9. The Hall–Kier alpha value is -2.50. The Morgan fingerprint density at radius 3 is 2.55 bits per heavy atom. The summed E-state index contributed by atoms with van der Waals surface area (Å²) in [7, 11) is 1.11. The first-order chi connectivity index (χ1) is 10.4. The molecule has 0 amide bonds. The molecule has 1 aromatic heterocycles. The number of halogens is 2. The molecule has 1 heterocycles. The van der Waals surface area contributed by atoms with Crippen molar-refractivity contribution in [3.8, 4) is 5.75 Å². The van der Waals surface area contributed by atoms with Gasteiger partial charge in [0.15, 0.2) is 5.69 Å². The number of hydrogen-bond acceptors (Lipinski definition) is 4. The van der Waals surface area contributed by atoms with Gasteiger partial charge >= 0.3 is 5.97 Å². The molecule has 0 aliphatic carbocycles. The molecule has 0 saturated heterocycles. The van der Waals surface area contributed by atoms with E-state index in [1.165, 1.54) is 6.20 Å². The van der Waals surface area contributed by atoms with Gasteiger partial charge in [0.1, 0.15) is 12.4 Å². The minimum Gasteiger partial charge on any atom is -0.487 e. The van der Waals surface area contributed by atoms with Crippen molar-refractivity contribution in [1.29, 1.82) is 0 Å². The van der Waals surface area contributed by atoms with Crippen LogP contribution in [0.5, 0.6) is 5.75 Å². The topological polar surface area (TPSA) is 48.4 Å². The van der Waals surface area contributed by atoms with Gasteiger partial charge in [-0.15, -0.1) is 0 Å². The van der Waals surface area contributed by atoms with Gasteiger partial charge in [0.2, 0.25) is 0 Å². The van der Waals surface area contributed by atoms with Gasteiger partial charge in [-0.2, -0.15) is 0 Å². The third-order valence-electron chi connectivity index (χ3n) is 2.96. The normalized spacial score (nSPS) is 11.1. The fourth-order valence-corrected chi connectivity index (χ4v) is 1.86. The van der Waals surface area contributed by atoms with E-state index < -0.39 is 23.1 Å². The maximum absolute atomic E-state index is 13.7. The van der Waals surface area contributed by atoms with Crippen molar-refractivity contribution in [2.24, 2.45) is 0 Å². The minimum atomic E-state index is -3.23. The molecule has 4 nitrogen and oxygen atoms in total. The van der Waals surface area contributed by atoms with Crippen LogP contribution in [0, 0.1) is 0 Å². The van der Waals surface area contributed by atoms with E-state index in [4.69, 9.17) is 4.74 Å². The van der Waals surface area contributed by atoms with Crippen LogP contribution < -0.4 is 4.74 Å². The van der Waals surface area contributed by atoms with Crippen LogP contribution in [0.2, 0.25) is 0 Å². The number of rotatable bonds is 5. The second-order valence-electron chi connectivity index (χ2n) is 4.72. The zero-order chi connectivity index (χ0) is 16.2. The van der Waals surface area contributed by atoms with Gasteiger partial charge in [0, 0.05) is 6.92 Å². The lowest BCUT2D eigenvalue weighted by Gasteiger charge is -2.15. The van der Waals surface area contributed by atoms with Crippen LogP contribution in [-0.2, 0) is 17.3 Å². The van der Waals surface area contributed by atoms with Crippen LogP contribution in [0.15, 0.2) is 42.6 Å². The standard InChI is InChI=1S/C16H15F2NO3/c1-16(17,18)13-8-12(9-19-14(13)15(20)21-2)22-10-11-6-4-3-5-7-11/h3-9H,10H2,1-2H3. The van der Waals surface area contributed by atoms with E-state index in [0.29, 0.717) is 6.92 Å². The number of pyridine rings is 1. The number of ether oxygens (including phenoxy) is 2. The van der Waals surface area contributed by atoms with Crippen molar-refractivity contribution in [3.63, 3.8) is 0 Å². The SMILES string of the molecule is COC(=O)c1ncc(OCc2ccccc2)cc1C(C)(F)F. The van der Waals surface area contributed by atoms with Crippen molar-refractivity contribution < 1.29 is 23.0 Å². The highest BCUT2D eigenvalue weighted by atomic mass is 19.3. The van der Waals surface area contributed by atoms with E-state index in [2.05, 4.69) is 9.72 Å². The molecule has 0 unspecified atom stereocenters. The van der Waals surface area contributed by atoms with Gasteiger partial charge in [-0.1, -0.05) is 30.3 Å². The van der Waals surface area contributed by atoms with Crippen molar-refractivity contribution in [1.82, 2.24) is 4.98 Å². The van der Waals surface area contributed by atoms with E-state index in [9.17, 15) is 13.6 Å². The van der Waals surface area contributed by atoms with Crippen molar-refractivity contribution >= 4 is 5.97 Å². The maximum Gasteiger partial charge on any atom is 0.357 e. The average Bonchev–Trinajstić information content (AvgIpc) is 2.52. The van der Waals surface area contributed by atoms with E-state index in [1.807, 2.05) is 30.3 Å². The predicted octanol–water partition coefficient (Wildman–Crippen LogP) is 3.56. The molecule has 0 aliphatic heterocycles. The van der Waals surface area contributed by atoms with Crippen molar-refractivity contribution in [2.75, 3.05) is 7.11 Å². The maximum atomic E-state index is 13.7. The molecule has 22 heavy (non-hydrogen) atoms. The number of aromatic nitrogens is 1. The Kier molecular flexibility index (Phi) is 4.70. The summed E-state index contributed by atoms with van der Waals surface area (Å²) in [5, 5.41) is 0. The van der Waals surface area contributed by atoms with Crippen LogP contribution >= 0.6 is 0 Å². The van der Waals surface area contributed by atoms with E-state index >= 15 is 0 Å². The molecule has 0 spiro atoms. The summed E-state index contributed by atoms with van der Waals surface area (Å²) < 4.78 is 37.2.